The first kappa shape index (κ1) is 16.7. The number of hydrogen-bond acceptors (Lipinski definition) is 4. The van der Waals surface area contributed by atoms with E-state index < -0.39 is 14.3 Å². The highest BCUT2D eigenvalue weighted by atomic mass is 35.7. The number of nitrogens with zero attached hydrogens (tertiary/aromatic N) is 2. The second-order valence-electron chi connectivity index (χ2n) is 5.57. The first-order valence-corrected chi connectivity index (χ1v) is 8.97. The van der Waals surface area contributed by atoms with Crippen molar-refractivity contribution in [2.75, 3.05) is 19.6 Å². The van der Waals surface area contributed by atoms with Gasteiger partial charge in [-0.25, -0.2) is 8.42 Å². The van der Waals surface area contributed by atoms with Crippen LogP contribution in [0.25, 0.3) is 0 Å². The zero-order valence-electron chi connectivity index (χ0n) is 12.0. The predicted octanol–water partition coefficient (Wildman–Crippen LogP) is 1.27. The Morgan fingerprint density at radius 3 is 2.21 bits per heavy atom. The third kappa shape index (κ3) is 4.61. The third-order valence-corrected chi connectivity index (χ3v) is 5.40. The van der Waals surface area contributed by atoms with Gasteiger partial charge in [0.15, 0.2) is 0 Å². The van der Waals surface area contributed by atoms with Gasteiger partial charge in [-0.3, -0.25) is 9.69 Å². The Balaban J connectivity index is 2.57. The molecule has 112 valence electrons. The Kier molecular flexibility index (Phi) is 5.65. The van der Waals surface area contributed by atoms with Crippen molar-refractivity contribution in [3.05, 3.63) is 0 Å². The smallest absolute Gasteiger partial charge is 0.237 e. The molecule has 1 atom stereocenters. The van der Waals surface area contributed by atoms with Gasteiger partial charge < -0.3 is 4.90 Å². The molecule has 0 radical (unpaired) electrons. The fourth-order valence-corrected chi connectivity index (χ4v) is 3.55. The van der Waals surface area contributed by atoms with E-state index in [9.17, 15) is 13.2 Å². The van der Waals surface area contributed by atoms with Crippen LogP contribution in [0.1, 0.15) is 34.1 Å². The van der Waals surface area contributed by atoms with E-state index in [1.54, 1.807) is 4.90 Å². The van der Waals surface area contributed by atoms with Crippen LogP contribution >= 0.6 is 10.7 Å². The van der Waals surface area contributed by atoms with Crippen molar-refractivity contribution in [3.63, 3.8) is 0 Å². The van der Waals surface area contributed by atoms with Gasteiger partial charge in [0.25, 0.3) is 0 Å². The van der Waals surface area contributed by atoms with Crippen molar-refractivity contribution in [3.8, 4) is 0 Å². The van der Waals surface area contributed by atoms with Gasteiger partial charge >= 0.3 is 0 Å². The number of carbonyl (C=O) groups excluding carboxylic acids is 1. The van der Waals surface area contributed by atoms with Crippen molar-refractivity contribution < 1.29 is 13.2 Å². The van der Waals surface area contributed by atoms with E-state index in [2.05, 4.69) is 32.6 Å². The molecule has 0 bridgehead atoms. The number of halogens is 1. The van der Waals surface area contributed by atoms with E-state index >= 15 is 0 Å². The lowest BCUT2D eigenvalue weighted by Gasteiger charge is -2.32. The van der Waals surface area contributed by atoms with Crippen LogP contribution in [-0.2, 0) is 13.8 Å². The maximum atomic E-state index is 11.8. The van der Waals surface area contributed by atoms with E-state index in [0.717, 1.165) is 6.54 Å². The van der Waals surface area contributed by atoms with Gasteiger partial charge in [-0.2, -0.15) is 0 Å². The maximum Gasteiger partial charge on any atom is 0.237 e. The lowest BCUT2D eigenvalue weighted by molar-refractivity contribution is -0.128. The maximum absolute atomic E-state index is 11.8. The molecule has 0 spiro atoms. The van der Waals surface area contributed by atoms with Gasteiger partial charge in [-0.1, -0.05) is 0 Å². The average molecular weight is 311 g/mol. The molecule has 1 unspecified atom stereocenters. The molecule has 1 heterocycles. The number of rotatable bonds is 6. The van der Waals surface area contributed by atoms with Gasteiger partial charge in [0, 0.05) is 48.8 Å². The molecule has 1 aliphatic heterocycles. The lowest BCUT2D eigenvalue weighted by atomic mass is 10.2. The summed E-state index contributed by atoms with van der Waals surface area (Å²) in [6, 6.07) is 0.788. The highest BCUT2D eigenvalue weighted by Crippen LogP contribution is 2.21. The van der Waals surface area contributed by atoms with Crippen molar-refractivity contribution in [2.45, 2.75) is 51.4 Å². The molecule has 7 heteroatoms. The third-order valence-electron chi connectivity index (χ3n) is 3.53. The molecule has 5 nitrogen and oxygen atoms in total. The summed E-state index contributed by atoms with van der Waals surface area (Å²) in [6.45, 7) is 9.95. The van der Waals surface area contributed by atoms with E-state index in [4.69, 9.17) is 10.7 Å². The Bertz CT molecular complexity index is 415. The minimum absolute atomic E-state index is 0.00912. The molecule has 1 aliphatic rings. The van der Waals surface area contributed by atoms with Crippen LogP contribution in [0.5, 0.6) is 0 Å². The summed E-state index contributed by atoms with van der Waals surface area (Å²) < 4.78 is 22.5. The SMILES string of the molecule is CC(C)N(CCN1CC(S(=O)(=O)Cl)CC1=O)C(C)C. The standard InChI is InChI=1S/C12H23ClN2O3S/c1-9(2)15(10(3)4)6-5-14-8-11(7-12(14)16)19(13,17)18/h9-11H,5-8H2,1-4H3. The molecule has 1 fully saturated rings. The van der Waals surface area contributed by atoms with Crippen molar-refractivity contribution >= 4 is 25.6 Å². The van der Waals surface area contributed by atoms with Crippen LogP contribution in [0.15, 0.2) is 0 Å². The van der Waals surface area contributed by atoms with E-state index in [-0.39, 0.29) is 18.9 Å². The average Bonchev–Trinajstić information content (AvgIpc) is 2.59. The van der Waals surface area contributed by atoms with Crippen molar-refractivity contribution in [2.24, 2.45) is 0 Å². The number of likely N-dealkylation sites (tertiary alicyclic amines) is 1. The summed E-state index contributed by atoms with van der Waals surface area (Å²) in [6.07, 6.45) is 0.00912. The second kappa shape index (κ2) is 6.41. The molecule has 0 aromatic heterocycles. The zero-order valence-corrected chi connectivity index (χ0v) is 13.5. The van der Waals surface area contributed by atoms with Gasteiger partial charge in [0.2, 0.25) is 15.0 Å². The minimum Gasteiger partial charge on any atom is -0.340 e. The van der Waals surface area contributed by atoms with Crippen LogP contribution in [0, 0.1) is 0 Å². The van der Waals surface area contributed by atoms with Gasteiger partial charge in [-0.15, -0.1) is 0 Å². The minimum atomic E-state index is -3.64. The molecule has 0 saturated carbocycles. The van der Waals surface area contributed by atoms with E-state index in [0.29, 0.717) is 18.6 Å². The summed E-state index contributed by atoms with van der Waals surface area (Å²) in [5.74, 6) is -0.123. The highest BCUT2D eigenvalue weighted by Gasteiger charge is 2.37. The molecular formula is C12H23ClN2O3S. The summed E-state index contributed by atoms with van der Waals surface area (Å²) in [5, 5.41) is -0.756. The summed E-state index contributed by atoms with van der Waals surface area (Å²) >= 11 is 0. The summed E-state index contributed by atoms with van der Waals surface area (Å²) in [5.41, 5.74) is 0. The molecular weight excluding hydrogens is 288 g/mol. The largest absolute Gasteiger partial charge is 0.340 e. The number of hydrogen-bond donors (Lipinski definition) is 0. The Morgan fingerprint density at radius 1 is 1.32 bits per heavy atom. The lowest BCUT2D eigenvalue weighted by Crippen LogP contribution is -2.43. The molecule has 0 aromatic rings. The normalized spacial score (nSPS) is 21.2. The van der Waals surface area contributed by atoms with Crippen LogP contribution in [-0.4, -0.2) is 61.1 Å². The summed E-state index contributed by atoms with van der Waals surface area (Å²) in [7, 11) is 1.67. The van der Waals surface area contributed by atoms with Gasteiger partial charge in [0.05, 0.1) is 0 Å². The fraction of sp³-hybridized carbons (Fsp3) is 0.917. The molecule has 1 rings (SSSR count). The summed E-state index contributed by atoms with van der Waals surface area (Å²) in [4.78, 5) is 15.6. The quantitative estimate of drug-likeness (QED) is 0.693. The Labute approximate surface area is 120 Å². The van der Waals surface area contributed by atoms with Crippen molar-refractivity contribution in [1.29, 1.82) is 0 Å². The first-order chi connectivity index (χ1) is 8.62. The zero-order chi connectivity index (χ0) is 14.8. The van der Waals surface area contributed by atoms with E-state index in [1.165, 1.54) is 0 Å². The number of carbonyl (C=O) groups is 1. The van der Waals surface area contributed by atoms with Gasteiger partial charge in [-0.05, 0) is 27.7 Å². The second-order valence-corrected chi connectivity index (χ2v) is 8.48. The topological polar surface area (TPSA) is 57.7 Å². The number of amides is 1. The predicted molar refractivity (Wildman–Crippen MR) is 76.7 cm³/mol. The molecule has 0 N–H and O–H groups in total. The van der Waals surface area contributed by atoms with Crippen molar-refractivity contribution in [1.82, 2.24) is 9.80 Å². The Hall–Kier alpha value is -0.330. The van der Waals surface area contributed by atoms with Crippen LogP contribution in [0.2, 0.25) is 0 Å². The Morgan fingerprint density at radius 2 is 1.84 bits per heavy atom. The molecule has 1 amide bonds. The molecule has 19 heavy (non-hydrogen) atoms. The highest BCUT2D eigenvalue weighted by molar-refractivity contribution is 8.14. The fourth-order valence-electron chi connectivity index (χ4n) is 2.49. The van der Waals surface area contributed by atoms with Crippen LogP contribution in [0.4, 0.5) is 0 Å². The first-order valence-electron chi connectivity index (χ1n) is 6.60. The molecule has 0 aliphatic carbocycles. The van der Waals surface area contributed by atoms with Crippen LogP contribution in [0.3, 0.4) is 0 Å². The molecule has 1 saturated heterocycles. The van der Waals surface area contributed by atoms with Gasteiger partial charge in [0.1, 0.15) is 5.25 Å². The molecule has 0 aromatic carbocycles. The van der Waals surface area contributed by atoms with E-state index in [1.807, 2.05) is 0 Å². The van der Waals surface area contributed by atoms with Crippen LogP contribution < -0.4 is 0 Å². The monoisotopic (exact) mass is 310 g/mol.